The molecule has 28 heavy (non-hydrogen) atoms. The fourth-order valence-electron chi connectivity index (χ4n) is 5.41. The molecule has 1 unspecified atom stereocenters. The fraction of sp³-hybridized carbons (Fsp3) is 0.682. The molecule has 1 aliphatic carbocycles. The number of nitrogens with zero attached hydrogens (tertiary/aromatic N) is 1. The van der Waals surface area contributed by atoms with E-state index in [0.717, 1.165) is 50.3 Å². The van der Waals surface area contributed by atoms with Crippen molar-refractivity contribution in [1.82, 2.24) is 10.2 Å². The van der Waals surface area contributed by atoms with E-state index in [0.29, 0.717) is 6.54 Å². The first-order chi connectivity index (χ1) is 13.5. The van der Waals surface area contributed by atoms with Gasteiger partial charge >= 0.3 is 6.09 Å². The number of carbonyl (C=O) groups excluding carboxylic acids is 1. The second-order valence-electron chi connectivity index (χ2n) is 8.51. The summed E-state index contributed by atoms with van der Waals surface area (Å²) in [5.41, 5.74) is 2.46. The normalized spacial score (nSPS) is 30.8. The molecule has 0 saturated heterocycles. The minimum absolute atomic E-state index is 0.0208. The number of ether oxygens (including phenoxy) is 3. The van der Waals surface area contributed by atoms with Crippen molar-refractivity contribution >= 4 is 6.09 Å². The molecule has 1 N–H and O–H groups in total. The Balaban J connectivity index is 1.64. The maximum Gasteiger partial charge on any atom is 0.407 e. The highest BCUT2D eigenvalue weighted by Gasteiger charge is 2.62. The van der Waals surface area contributed by atoms with Crippen LogP contribution in [0.2, 0.25) is 0 Å². The fourth-order valence-corrected chi connectivity index (χ4v) is 5.41. The third kappa shape index (κ3) is 2.93. The third-order valence-electron chi connectivity index (χ3n) is 6.95. The van der Waals surface area contributed by atoms with Crippen LogP contribution in [0, 0.1) is 5.92 Å². The zero-order chi connectivity index (χ0) is 19.9. The van der Waals surface area contributed by atoms with Crippen LogP contribution in [0.3, 0.4) is 0 Å². The van der Waals surface area contributed by atoms with Gasteiger partial charge in [0.05, 0.1) is 7.11 Å². The van der Waals surface area contributed by atoms with Crippen molar-refractivity contribution in [3.05, 3.63) is 23.3 Å². The predicted molar refractivity (Wildman–Crippen MR) is 107 cm³/mol. The first-order valence-corrected chi connectivity index (χ1v) is 10.5. The van der Waals surface area contributed by atoms with Crippen LogP contribution >= 0.6 is 0 Å². The average molecular weight is 389 g/mol. The molecular weight excluding hydrogens is 356 g/mol. The van der Waals surface area contributed by atoms with E-state index in [1.54, 1.807) is 7.11 Å². The third-order valence-corrected chi connectivity index (χ3v) is 6.95. The standard InChI is InChI=1S/C22H32N2O4/c1-5-6-10-23-21(25)27-17-12-18-22(14(17)2)9-11-24(3)13-15-7-8-16(26-4)20(28-18)19(15)22/h7-8,14,17-18H,5-6,9-13H2,1-4H3,(H,23,25)/t14?,17-,18+,22-/m1/s1. The van der Waals surface area contributed by atoms with Crippen molar-refractivity contribution in [3.63, 3.8) is 0 Å². The molecule has 1 aromatic rings. The van der Waals surface area contributed by atoms with Crippen molar-refractivity contribution in [2.24, 2.45) is 5.92 Å². The SMILES string of the molecule is CCCCNC(=O)O[C@@H]1C[C@@H]2Oc3c(OC)ccc4c3[C@]2(CCN(C)C4)C1C. The second kappa shape index (κ2) is 7.47. The molecule has 6 heteroatoms. The Bertz CT molecular complexity index is 752. The summed E-state index contributed by atoms with van der Waals surface area (Å²) in [6.45, 7) is 6.89. The molecule has 4 atom stereocenters. The highest BCUT2D eigenvalue weighted by Crippen LogP contribution is 2.61. The summed E-state index contributed by atoms with van der Waals surface area (Å²) in [6.07, 6.45) is 3.32. The minimum atomic E-state index is -0.307. The molecule has 1 aromatic carbocycles. The van der Waals surface area contributed by atoms with Gasteiger partial charge in [0.25, 0.3) is 0 Å². The number of benzene rings is 1. The number of alkyl carbamates (subject to hydrolysis) is 1. The minimum Gasteiger partial charge on any atom is -0.493 e. The lowest BCUT2D eigenvalue weighted by molar-refractivity contribution is 0.0671. The molecule has 2 aliphatic heterocycles. The van der Waals surface area contributed by atoms with E-state index in [2.05, 4.69) is 37.2 Å². The molecule has 1 spiro atoms. The number of nitrogens with one attached hydrogen (secondary N) is 1. The van der Waals surface area contributed by atoms with Gasteiger partial charge in [-0.3, -0.25) is 0 Å². The Morgan fingerprint density at radius 1 is 1.43 bits per heavy atom. The second-order valence-corrected chi connectivity index (χ2v) is 8.51. The molecule has 1 fully saturated rings. The van der Waals surface area contributed by atoms with E-state index in [1.165, 1.54) is 11.1 Å². The van der Waals surface area contributed by atoms with Gasteiger partial charge in [0.1, 0.15) is 12.2 Å². The largest absolute Gasteiger partial charge is 0.493 e. The molecule has 2 heterocycles. The van der Waals surface area contributed by atoms with Gasteiger partial charge in [0, 0.05) is 36.4 Å². The first kappa shape index (κ1) is 19.4. The van der Waals surface area contributed by atoms with E-state index >= 15 is 0 Å². The van der Waals surface area contributed by atoms with E-state index in [9.17, 15) is 4.79 Å². The smallest absolute Gasteiger partial charge is 0.407 e. The van der Waals surface area contributed by atoms with Gasteiger partial charge in [-0.15, -0.1) is 0 Å². The number of carbonyl (C=O) groups is 1. The molecule has 154 valence electrons. The number of unbranched alkanes of at least 4 members (excludes halogenated alkanes) is 1. The van der Waals surface area contributed by atoms with Gasteiger partial charge in [-0.2, -0.15) is 0 Å². The molecule has 1 saturated carbocycles. The van der Waals surface area contributed by atoms with Crippen LogP contribution in [-0.4, -0.2) is 50.4 Å². The zero-order valence-corrected chi connectivity index (χ0v) is 17.4. The maximum absolute atomic E-state index is 12.3. The molecule has 1 amide bonds. The summed E-state index contributed by atoms with van der Waals surface area (Å²) in [7, 11) is 3.86. The molecule has 0 bridgehead atoms. The van der Waals surface area contributed by atoms with E-state index < -0.39 is 0 Å². The van der Waals surface area contributed by atoms with E-state index in [4.69, 9.17) is 14.2 Å². The Hall–Kier alpha value is -1.95. The maximum atomic E-state index is 12.3. The highest BCUT2D eigenvalue weighted by atomic mass is 16.6. The lowest BCUT2D eigenvalue weighted by atomic mass is 9.69. The quantitative estimate of drug-likeness (QED) is 0.783. The summed E-state index contributed by atoms with van der Waals surface area (Å²) in [5, 5.41) is 2.88. The lowest BCUT2D eigenvalue weighted by Gasteiger charge is -2.34. The van der Waals surface area contributed by atoms with Gasteiger partial charge in [-0.1, -0.05) is 26.3 Å². The molecule has 0 aromatic heterocycles. The summed E-state index contributed by atoms with van der Waals surface area (Å²) >= 11 is 0. The van der Waals surface area contributed by atoms with Gasteiger partial charge in [-0.05, 0) is 38.1 Å². The zero-order valence-electron chi connectivity index (χ0n) is 17.4. The van der Waals surface area contributed by atoms with Gasteiger partial charge in [0.2, 0.25) is 0 Å². The summed E-state index contributed by atoms with van der Waals surface area (Å²) in [5.74, 6) is 1.89. The number of rotatable bonds is 5. The van der Waals surface area contributed by atoms with Crippen molar-refractivity contribution in [3.8, 4) is 11.5 Å². The number of hydrogen-bond acceptors (Lipinski definition) is 5. The topological polar surface area (TPSA) is 60.0 Å². The van der Waals surface area contributed by atoms with E-state index in [1.807, 2.05) is 6.07 Å². The monoisotopic (exact) mass is 388 g/mol. The highest BCUT2D eigenvalue weighted by molar-refractivity contribution is 5.67. The van der Waals surface area contributed by atoms with Crippen LogP contribution < -0.4 is 14.8 Å². The van der Waals surface area contributed by atoms with Crippen LogP contribution in [0.25, 0.3) is 0 Å². The van der Waals surface area contributed by atoms with Crippen LogP contribution in [0.15, 0.2) is 12.1 Å². The van der Waals surface area contributed by atoms with Crippen molar-refractivity contribution in [2.75, 3.05) is 27.2 Å². The van der Waals surface area contributed by atoms with Crippen LogP contribution in [0.4, 0.5) is 4.79 Å². The average Bonchev–Trinajstić information content (AvgIpc) is 3.06. The number of methoxy groups -OCH3 is 1. The van der Waals surface area contributed by atoms with Gasteiger partial charge in [0.15, 0.2) is 11.5 Å². The summed E-state index contributed by atoms with van der Waals surface area (Å²) in [6, 6.07) is 4.19. The van der Waals surface area contributed by atoms with Crippen molar-refractivity contribution in [2.45, 2.75) is 63.7 Å². The molecular formula is C22H32N2O4. The number of amides is 1. The van der Waals surface area contributed by atoms with Gasteiger partial charge < -0.3 is 24.4 Å². The Morgan fingerprint density at radius 2 is 2.25 bits per heavy atom. The van der Waals surface area contributed by atoms with Crippen molar-refractivity contribution < 1.29 is 19.0 Å². The summed E-state index contributed by atoms with van der Waals surface area (Å²) < 4.78 is 18.0. The van der Waals surface area contributed by atoms with Crippen molar-refractivity contribution in [1.29, 1.82) is 0 Å². The molecule has 3 aliphatic rings. The summed E-state index contributed by atoms with van der Waals surface area (Å²) in [4.78, 5) is 14.6. The van der Waals surface area contributed by atoms with E-state index in [-0.39, 0.29) is 29.6 Å². The molecule has 6 nitrogen and oxygen atoms in total. The molecule has 4 rings (SSSR count). The van der Waals surface area contributed by atoms with Crippen LogP contribution in [0.5, 0.6) is 11.5 Å². The first-order valence-electron chi connectivity index (χ1n) is 10.5. The Labute approximate surface area is 167 Å². The van der Waals surface area contributed by atoms with Crippen LogP contribution in [0.1, 0.15) is 50.7 Å². The lowest BCUT2D eigenvalue weighted by Crippen LogP contribution is -2.41. The predicted octanol–water partition coefficient (Wildman–Crippen LogP) is 3.46. The van der Waals surface area contributed by atoms with Crippen LogP contribution in [-0.2, 0) is 16.7 Å². The number of hydrogen-bond donors (Lipinski definition) is 1. The Kier molecular flexibility index (Phi) is 5.17. The Morgan fingerprint density at radius 3 is 3.00 bits per heavy atom. The molecule has 0 radical (unpaired) electrons. The van der Waals surface area contributed by atoms with Gasteiger partial charge in [-0.25, -0.2) is 4.79 Å².